The highest BCUT2D eigenvalue weighted by Crippen LogP contribution is 2.32. The van der Waals surface area contributed by atoms with E-state index in [1.807, 2.05) is 6.07 Å². The van der Waals surface area contributed by atoms with E-state index in [0.717, 1.165) is 0 Å². The standard InChI is InChI=1S/C11H9N3O2.C6H4/c1-7(15)12-10-9(11(16)14-13-10)8-5-3-2-4-6-8;1-2-5-4-6(5)3-1/h2-6H,1H3,(H,12,15);1-4H. The molecular weight excluding hydrogens is 278 g/mol. The molecule has 3 aliphatic rings. The molecule has 0 spiro atoms. The van der Waals surface area contributed by atoms with E-state index < -0.39 is 5.91 Å². The molecule has 5 nitrogen and oxygen atoms in total. The lowest BCUT2D eigenvalue weighted by Crippen LogP contribution is -2.18. The lowest BCUT2D eigenvalue weighted by Gasteiger charge is -2.02. The van der Waals surface area contributed by atoms with Crippen LogP contribution >= 0.6 is 0 Å². The van der Waals surface area contributed by atoms with Crippen LogP contribution in [-0.2, 0) is 9.59 Å². The average molecular weight is 291 g/mol. The van der Waals surface area contributed by atoms with Crippen molar-refractivity contribution in [3.8, 4) is 11.1 Å². The van der Waals surface area contributed by atoms with Gasteiger partial charge in [0, 0.05) is 6.92 Å². The van der Waals surface area contributed by atoms with E-state index in [2.05, 4.69) is 39.8 Å². The first-order valence-corrected chi connectivity index (χ1v) is 6.79. The van der Waals surface area contributed by atoms with Gasteiger partial charge in [0.15, 0.2) is 5.82 Å². The zero-order valence-electron chi connectivity index (χ0n) is 11.9. The van der Waals surface area contributed by atoms with Crippen LogP contribution in [0.1, 0.15) is 12.5 Å². The Kier molecular flexibility index (Phi) is 3.62. The van der Waals surface area contributed by atoms with Gasteiger partial charge in [-0.05, 0) is 22.8 Å². The van der Waals surface area contributed by atoms with Gasteiger partial charge >= 0.3 is 0 Å². The lowest BCUT2D eigenvalue weighted by atomic mass is 10.1. The highest BCUT2D eigenvalue weighted by atomic mass is 16.2. The third kappa shape index (κ3) is 2.98. The summed E-state index contributed by atoms with van der Waals surface area (Å²) < 4.78 is 0. The van der Waals surface area contributed by atoms with Gasteiger partial charge in [0.2, 0.25) is 5.91 Å². The number of nitrogens with one attached hydrogen (secondary N) is 1. The number of benzene rings is 2. The smallest absolute Gasteiger partial charge is 0.299 e. The maximum absolute atomic E-state index is 11.5. The Morgan fingerprint density at radius 3 is 2.05 bits per heavy atom. The first-order valence-electron chi connectivity index (χ1n) is 6.79. The Bertz CT molecular complexity index is 790. The van der Waals surface area contributed by atoms with Crippen molar-refractivity contribution in [3.63, 3.8) is 0 Å². The van der Waals surface area contributed by atoms with Crippen LogP contribution in [0.2, 0.25) is 0 Å². The van der Waals surface area contributed by atoms with Gasteiger partial charge in [0.05, 0.1) is 5.57 Å². The minimum Gasteiger partial charge on any atom is -0.309 e. The molecule has 0 unspecified atom stereocenters. The first kappa shape index (κ1) is 13.9. The number of rotatable bonds is 2. The topological polar surface area (TPSA) is 70.9 Å². The van der Waals surface area contributed by atoms with Crippen molar-refractivity contribution >= 4 is 17.4 Å². The molecule has 1 aromatic rings. The Labute approximate surface area is 127 Å². The number of fused-ring (bicyclic) bond motifs is 1. The van der Waals surface area contributed by atoms with Crippen molar-refractivity contribution in [3.05, 3.63) is 66.0 Å². The van der Waals surface area contributed by atoms with Crippen molar-refractivity contribution in [1.29, 1.82) is 0 Å². The van der Waals surface area contributed by atoms with Crippen LogP contribution < -0.4 is 5.32 Å². The van der Waals surface area contributed by atoms with Gasteiger partial charge in [-0.15, -0.1) is 10.2 Å². The Balaban J connectivity index is 0.000000196. The molecule has 22 heavy (non-hydrogen) atoms. The predicted molar refractivity (Wildman–Crippen MR) is 82.5 cm³/mol. The van der Waals surface area contributed by atoms with Gasteiger partial charge in [0.1, 0.15) is 0 Å². The fourth-order valence-corrected chi connectivity index (χ4v) is 2.09. The third-order valence-electron chi connectivity index (χ3n) is 3.16. The largest absolute Gasteiger partial charge is 0.309 e. The lowest BCUT2D eigenvalue weighted by molar-refractivity contribution is -0.118. The Morgan fingerprint density at radius 2 is 1.55 bits per heavy atom. The maximum atomic E-state index is 11.5. The molecule has 4 rings (SSSR count). The number of carbonyl (C=O) groups is 2. The molecule has 0 atom stereocenters. The Morgan fingerprint density at radius 1 is 0.909 bits per heavy atom. The van der Waals surface area contributed by atoms with Gasteiger partial charge in [0.25, 0.3) is 5.91 Å². The molecule has 108 valence electrons. The summed E-state index contributed by atoms with van der Waals surface area (Å²) >= 11 is 0. The molecule has 1 aromatic carbocycles. The number of hydrogen-bond donors (Lipinski definition) is 1. The Hall–Kier alpha value is -3.08. The summed E-state index contributed by atoms with van der Waals surface area (Å²) in [6.07, 6.45) is 0. The van der Waals surface area contributed by atoms with E-state index in [1.165, 1.54) is 18.1 Å². The highest BCUT2D eigenvalue weighted by molar-refractivity contribution is 6.22. The highest BCUT2D eigenvalue weighted by Gasteiger charge is 2.23. The minimum absolute atomic E-state index is 0.212. The normalized spacial score (nSPS) is 13.6. The van der Waals surface area contributed by atoms with Crippen molar-refractivity contribution in [2.45, 2.75) is 6.92 Å². The van der Waals surface area contributed by atoms with Gasteiger partial charge in [-0.1, -0.05) is 48.5 Å². The zero-order chi connectivity index (χ0) is 15.5. The van der Waals surface area contributed by atoms with E-state index in [-0.39, 0.29) is 11.7 Å². The van der Waals surface area contributed by atoms with Crippen LogP contribution in [0.15, 0.2) is 70.6 Å². The van der Waals surface area contributed by atoms with Crippen LogP contribution in [0.5, 0.6) is 0 Å². The summed E-state index contributed by atoms with van der Waals surface area (Å²) in [5, 5.41) is 9.54. The molecule has 2 aliphatic carbocycles. The van der Waals surface area contributed by atoms with Gasteiger partial charge in [-0.3, -0.25) is 9.59 Å². The van der Waals surface area contributed by atoms with Gasteiger partial charge in [-0.2, -0.15) is 0 Å². The number of carbonyl (C=O) groups excluding carboxylic acids is 2. The molecule has 2 amide bonds. The fourth-order valence-electron chi connectivity index (χ4n) is 2.09. The summed E-state index contributed by atoms with van der Waals surface area (Å²) in [5.41, 5.74) is 3.88. The second kappa shape index (κ2) is 5.73. The molecule has 0 saturated heterocycles. The predicted octanol–water partition coefficient (Wildman–Crippen LogP) is 3.15. The molecule has 0 radical (unpaired) electrons. The number of amides is 2. The molecule has 1 aliphatic heterocycles. The van der Waals surface area contributed by atoms with E-state index in [9.17, 15) is 9.59 Å². The van der Waals surface area contributed by atoms with Crippen molar-refractivity contribution in [1.82, 2.24) is 5.32 Å². The SMILES string of the molecule is CC(=O)NC1=C(c2ccccc2)C(=O)N=N1.c1cc2cc-2c1. The second-order valence-corrected chi connectivity index (χ2v) is 4.86. The maximum Gasteiger partial charge on any atom is 0.299 e. The quantitative estimate of drug-likeness (QED) is 0.787. The monoisotopic (exact) mass is 291 g/mol. The van der Waals surface area contributed by atoms with Crippen LogP contribution in [-0.4, -0.2) is 11.8 Å². The van der Waals surface area contributed by atoms with Crippen LogP contribution in [0.3, 0.4) is 0 Å². The minimum atomic E-state index is -0.435. The van der Waals surface area contributed by atoms with Crippen LogP contribution in [0.25, 0.3) is 16.7 Å². The summed E-state index contributed by atoms with van der Waals surface area (Å²) in [7, 11) is 0. The number of azo groups is 1. The molecule has 1 N–H and O–H groups in total. The van der Waals surface area contributed by atoms with E-state index >= 15 is 0 Å². The van der Waals surface area contributed by atoms with Crippen LogP contribution in [0.4, 0.5) is 0 Å². The molecule has 0 saturated carbocycles. The third-order valence-corrected chi connectivity index (χ3v) is 3.16. The molecule has 1 heterocycles. The number of hydrogen-bond acceptors (Lipinski definition) is 3. The molecule has 0 bridgehead atoms. The van der Waals surface area contributed by atoms with Crippen molar-refractivity contribution < 1.29 is 9.59 Å². The van der Waals surface area contributed by atoms with Crippen molar-refractivity contribution in [2.75, 3.05) is 0 Å². The summed E-state index contributed by atoms with van der Waals surface area (Å²) in [6.45, 7) is 1.36. The molecule has 0 aromatic heterocycles. The first-order chi connectivity index (χ1) is 10.6. The zero-order valence-corrected chi connectivity index (χ0v) is 11.9. The summed E-state index contributed by atoms with van der Waals surface area (Å²) in [6, 6.07) is 17.5. The van der Waals surface area contributed by atoms with Crippen molar-refractivity contribution in [2.24, 2.45) is 10.2 Å². The number of nitrogens with zero attached hydrogens (tertiary/aromatic N) is 2. The van der Waals surface area contributed by atoms with E-state index in [0.29, 0.717) is 11.1 Å². The van der Waals surface area contributed by atoms with E-state index in [4.69, 9.17) is 0 Å². The van der Waals surface area contributed by atoms with Gasteiger partial charge in [-0.25, -0.2) is 0 Å². The van der Waals surface area contributed by atoms with Crippen LogP contribution in [0, 0.1) is 0 Å². The molecule has 0 fully saturated rings. The van der Waals surface area contributed by atoms with E-state index in [1.54, 1.807) is 24.3 Å². The fraction of sp³-hybridized carbons (Fsp3) is 0.0588. The summed E-state index contributed by atoms with van der Waals surface area (Å²) in [5.74, 6) is -0.504. The average Bonchev–Trinajstić information content (AvgIpc) is 2.94. The second-order valence-electron chi connectivity index (χ2n) is 4.86. The van der Waals surface area contributed by atoms with Gasteiger partial charge < -0.3 is 5.32 Å². The molecule has 5 heteroatoms. The summed E-state index contributed by atoms with van der Waals surface area (Å²) in [4.78, 5) is 22.4. The molecular formula is C17H13N3O2.